The molecule has 0 spiro atoms. The topological polar surface area (TPSA) is 126 Å². The minimum atomic E-state index is -4.58. The Bertz CT molecular complexity index is 1310. The van der Waals surface area contributed by atoms with Crippen molar-refractivity contribution in [3.63, 3.8) is 0 Å². The maximum Gasteiger partial charge on any atom is 0.433 e. The van der Waals surface area contributed by atoms with Crippen LogP contribution in [0.15, 0.2) is 43.0 Å². The van der Waals surface area contributed by atoms with Gasteiger partial charge in [0.15, 0.2) is 11.5 Å². The maximum absolute atomic E-state index is 13.3. The van der Waals surface area contributed by atoms with E-state index in [-0.39, 0.29) is 17.2 Å². The van der Waals surface area contributed by atoms with Gasteiger partial charge in [0.2, 0.25) is 0 Å². The van der Waals surface area contributed by atoms with Crippen molar-refractivity contribution in [2.75, 3.05) is 18.4 Å². The number of aromatic nitrogens is 5. The van der Waals surface area contributed by atoms with Crippen molar-refractivity contribution < 1.29 is 18.0 Å². The Labute approximate surface area is 192 Å². The van der Waals surface area contributed by atoms with Gasteiger partial charge in [-0.05, 0) is 43.1 Å². The summed E-state index contributed by atoms with van der Waals surface area (Å²) in [4.78, 5) is 21.0. The molecule has 0 saturated carbocycles. The number of aryl methyl sites for hydroxylation is 1. The largest absolute Gasteiger partial charge is 0.433 e. The van der Waals surface area contributed by atoms with E-state index in [4.69, 9.17) is 5.73 Å². The summed E-state index contributed by atoms with van der Waals surface area (Å²) < 4.78 is 41.5. The van der Waals surface area contributed by atoms with Crippen LogP contribution in [-0.4, -0.2) is 43.6 Å². The summed E-state index contributed by atoms with van der Waals surface area (Å²) in [5.74, 6) is 0.184. The van der Waals surface area contributed by atoms with Gasteiger partial charge < -0.3 is 16.4 Å². The molecule has 1 amide bonds. The average molecular weight is 472 g/mol. The first-order valence-corrected chi connectivity index (χ1v) is 10.6. The van der Waals surface area contributed by atoms with Crippen molar-refractivity contribution in [3.8, 4) is 11.3 Å². The fraction of sp³-hybridized carbons (Fsp3) is 0.273. The summed E-state index contributed by atoms with van der Waals surface area (Å²) in [5.41, 5.74) is 7.04. The molecule has 0 aliphatic heterocycles. The first kappa shape index (κ1) is 23.2. The number of carbonyl (C=O) groups excluding carboxylic acids is 1. The number of anilines is 2. The van der Waals surface area contributed by atoms with E-state index in [0.717, 1.165) is 11.8 Å². The number of aromatic amines is 1. The molecule has 4 aromatic rings. The predicted octanol–water partition coefficient (Wildman–Crippen LogP) is 3.52. The number of nitrogens with zero attached hydrogens (tertiary/aromatic N) is 4. The van der Waals surface area contributed by atoms with Gasteiger partial charge in [0.1, 0.15) is 5.69 Å². The SMILES string of the molecule is CCc1cc(Nc2nccn3c(-c4cn[nH]c4C(F)(F)F)cnc23)ccc1C(=O)NCCCN. The molecule has 0 atom stereocenters. The lowest BCUT2D eigenvalue weighted by Gasteiger charge is -2.13. The monoisotopic (exact) mass is 472 g/mol. The highest BCUT2D eigenvalue weighted by Crippen LogP contribution is 2.36. The second-order valence-corrected chi connectivity index (χ2v) is 7.52. The Morgan fingerprint density at radius 2 is 2.06 bits per heavy atom. The number of benzene rings is 1. The van der Waals surface area contributed by atoms with E-state index in [1.807, 2.05) is 18.1 Å². The number of carbonyl (C=O) groups is 1. The summed E-state index contributed by atoms with van der Waals surface area (Å²) in [7, 11) is 0. The van der Waals surface area contributed by atoms with E-state index >= 15 is 0 Å². The number of H-pyrrole nitrogens is 1. The van der Waals surface area contributed by atoms with Crippen LogP contribution in [0, 0.1) is 0 Å². The van der Waals surface area contributed by atoms with Gasteiger partial charge in [-0.15, -0.1) is 0 Å². The molecule has 0 aliphatic rings. The van der Waals surface area contributed by atoms with E-state index in [1.54, 1.807) is 12.1 Å². The van der Waals surface area contributed by atoms with Crippen LogP contribution in [0.25, 0.3) is 16.9 Å². The molecule has 1 aromatic carbocycles. The highest BCUT2D eigenvalue weighted by molar-refractivity contribution is 5.96. The molecule has 5 N–H and O–H groups in total. The molecule has 3 heterocycles. The third kappa shape index (κ3) is 4.57. The predicted molar refractivity (Wildman–Crippen MR) is 121 cm³/mol. The van der Waals surface area contributed by atoms with Crippen molar-refractivity contribution in [1.82, 2.24) is 29.9 Å². The van der Waals surface area contributed by atoms with Gasteiger partial charge in [-0.2, -0.15) is 18.3 Å². The summed E-state index contributed by atoms with van der Waals surface area (Å²) >= 11 is 0. The highest BCUT2D eigenvalue weighted by atomic mass is 19.4. The highest BCUT2D eigenvalue weighted by Gasteiger charge is 2.36. The average Bonchev–Trinajstić information content (AvgIpc) is 3.46. The van der Waals surface area contributed by atoms with Crippen LogP contribution in [0.4, 0.5) is 24.7 Å². The molecular formula is C22H23F3N8O. The van der Waals surface area contributed by atoms with Crippen LogP contribution >= 0.6 is 0 Å². The van der Waals surface area contributed by atoms with Crippen molar-refractivity contribution in [2.45, 2.75) is 25.9 Å². The molecule has 9 nitrogen and oxygen atoms in total. The van der Waals surface area contributed by atoms with Gasteiger partial charge in [0.05, 0.1) is 23.7 Å². The lowest BCUT2D eigenvalue weighted by Crippen LogP contribution is -2.26. The molecule has 12 heteroatoms. The fourth-order valence-corrected chi connectivity index (χ4v) is 3.62. The number of halogens is 3. The molecule has 4 rings (SSSR count). The number of hydrogen-bond acceptors (Lipinski definition) is 6. The number of rotatable bonds is 8. The number of imidazole rings is 1. The van der Waals surface area contributed by atoms with Crippen LogP contribution < -0.4 is 16.4 Å². The van der Waals surface area contributed by atoms with Crippen molar-refractivity contribution in [2.24, 2.45) is 5.73 Å². The summed E-state index contributed by atoms with van der Waals surface area (Å²) in [6, 6.07) is 5.30. The third-order valence-electron chi connectivity index (χ3n) is 5.29. The number of alkyl halides is 3. The van der Waals surface area contributed by atoms with Gasteiger partial charge >= 0.3 is 6.18 Å². The van der Waals surface area contributed by atoms with E-state index in [9.17, 15) is 18.0 Å². The second kappa shape index (κ2) is 9.51. The van der Waals surface area contributed by atoms with Gasteiger partial charge in [-0.25, -0.2) is 9.97 Å². The zero-order valence-corrected chi connectivity index (χ0v) is 18.3. The molecule has 34 heavy (non-hydrogen) atoms. The van der Waals surface area contributed by atoms with E-state index in [1.165, 1.54) is 23.0 Å². The molecule has 0 fully saturated rings. The Morgan fingerprint density at radius 3 is 2.79 bits per heavy atom. The van der Waals surface area contributed by atoms with Crippen LogP contribution in [0.2, 0.25) is 0 Å². The smallest absolute Gasteiger partial charge is 0.352 e. The minimum Gasteiger partial charge on any atom is -0.352 e. The van der Waals surface area contributed by atoms with E-state index in [2.05, 4.69) is 25.7 Å². The van der Waals surface area contributed by atoms with Crippen molar-refractivity contribution in [3.05, 3.63) is 59.8 Å². The zero-order chi connectivity index (χ0) is 24.3. The van der Waals surface area contributed by atoms with Crippen LogP contribution in [0.3, 0.4) is 0 Å². The number of nitrogens with one attached hydrogen (secondary N) is 3. The fourth-order valence-electron chi connectivity index (χ4n) is 3.62. The van der Waals surface area contributed by atoms with Crippen molar-refractivity contribution in [1.29, 1.82) is 0 Å². The lowest BCUT2D eigenvalue weighted by molar-refractivity contribution is -0.140. The van der Waals surface area contributed by atoms with Gasteiger partial charge in [-0.1, -0.05) is 6.92 Å². The molecule has 0 aliphatic carbocycles. The van der Waals surface area contributed by atoms with Crippen molar-refractivity contribution >= 4 is 23.1 Å². The standard InChI is InChI=1S/C22H23F3N8O/c1-2-13-10-14(4-5-15(13)21(34)28-7-3-6-26)31-19-20-29-12-17(33(20)9-8-27-19)16-11-30-32-18(16)22(23,24)25/h4-5,8-12H,2-3,6-7,26H2,1H3,(H,27,31)(H,28,34)(H,30,32). The van der Waals surface area contributed by atoms with Crippen LogP contribution in [0.5, 0.6) is 0 Å². The van der Waals surface area contributed by atoms with Gasteiger partial charge in [0.25, 0.3) is 5.91 Å². The normalized spacial score (nSPS) is 11.7. The summed E-state index contributed by atoms with van der Waals surface area (Å²) in [6.07, 6.45) is 2.19. The Hall–Kier alpha value is -3.93. The Balaban J connectivity index is 1.64. The first-order chi connectivity index (χ1) is 16.3. The molecule has 0 unspecified atom stereocenters. The quantitative estimate of drug-likeness (QED) is 0.291. The number of amides is 1. The second-order valence-electron chi connectivity index (χ2n) is 7.52. The molecule has 0 saturated heterocycles. The molecule has 0 bridgehead atoms. The molecule has 3 aromatic heterocycles. The third-order valence-corrected chi connectivity index (χ3v) is 5.29. The minimum absolute atomic E-state index is 0.115. The Kier molecular flexibility index (Phi) is 6.50. The molecular weight excluding hydrogens is 449 g/mol. The molecule has 178 valence electrons. The van der Waals surface area contributed by atoms with Gasteiger partial charge in [0, 0.05) is 30.2 Å². The lowest BCUT2D eigenvalue weighted by atomic mass is 10.0. The number of nitrogens with two attached hydrogens (primary N) is 1. The van der Waals surface area contributed by atoms with Crippen LogP contribution in [-0.2, 0) is 12.6 Å². The molecule has 0 radical (unpaired) electrons. The summed E-state index contributed by atoms with van der Waals surface area (Å²) in [5, 5.41) is 11.6. The van der Waals surface area contributed by atoms with E-state index < -0.39 is 11.9 Å². The first-order valence-electron chi connectivity index (χ1n) is 10.6. The van der Waals surface area contributed by atoms with Gasteiger partial charge in [-0.3, -0.25) is 14.3 Å². The van der Waals surface area contributed by atoms with Crippen LogP contribution in [0.1, 0.15) is 35.0 Å². The summed E-state index contributed by atoms with van der Waals surface area (Å²) in [6.45, 7) is 2.94. The Morgan fingerprint density at radius 1 is 1.24 bits per heavy atom. The number of hydrogen-bond donors (Lipinski definition) is 4. The maximum atomic E-state index is 13.3. The zero-order valence-electron chi connectivity index (χ0n) is 18.3. The van der Waals surface area contributed by atoms with E-state index in [0.29, 0.717) is 48.6 Å². The number of fused-ring (bicyclic) bond motifs is 1.